The van der Waals surface area contributed by atoms with Gasteiger partial charge in [-0.3, -0.25) is 9.59 Å². The molecule has 1 spiro atoms. The van der Waals surface area contributed by atoms with Gasteiger partial charge in [0, 0.05) is 36.8 Å². The molecular weight excluding hydrogens is 346 g/mol. The molecule has 27 heavy (non-hydrogen) atoms. The number of carbonyl (C=O) groups excluding carboxylic acids is 2. The molecule has 0 radical (unpaired) electrons. The second-order valence-electron chi connectivity index (χ2n) is 8.09. The van der Waals surface area contributed by atoms with E-state index in [0.29, 0.717) is 17.5 Å². The lowest BCUT2D eigenvalue weighted by Crippen LogP contribution is -2.65. The first-order chi connectivity index (χ1) is 12.9. The third-order valence-corrected chi connectivity index (χ3v) is 6.67. The molecule has 5 atom stereocenters. The minimum atomic E-state index is -0.439. The van der Waals surface area contributed by atoms with Gasteiger partial charge in [-0.15, -0.1) is 0 Å². The van der Waals surface area contributed by atoms with Gasteiger partial charge in [0.15, 0.2) is 17.6 Å². The van der Waals surface area contributed by atoms with Crippen molar-refractivity contribution in [2.24, 2.45) is 5.92 Å². The number of hydrogen-bond acceptors (Lipinski definition) is 6. The third-order valence-electron chi connectivity index (χ3n) is 6.67. The molecule has 1 saturated heterocycles. The van der Waals surface area contributed by atoms with Gasteiger partial charge in [0.1, 0.15) is 6.10 Å². The highest BCUT2D eigenvalue weighted by molar-refractivity contribution is 5.73. The maximum Gasteiger partial charge on any atom is 0.308 e. The molecule has 0 aromatic heterocycles. The number of ether oxygens (including phenoxy) is 3. The monoisotopic (exact) mass is 369 g/mol. The average Bonchev–Trinajstić information content (AvgIpc) is 2.95. The Labute approximate surface area is 158 Å². The van der Waals surface area contributed by atoms with Crippen molar-refractivity contribution < 1.29 is 23.8 Å². The van der Waals surface area contributed by atoms with Crippen molar-refractivity contribution in [2.45, 2.75) is 50.4 Å². The number of rotatable bonds is 2. The summed E-state index contributed by atoms with van der Waals surface area (Å²) in [6, 6.07) is 4.28. The Morgan fingerprint density at radius 1 is 1.22 bits per heavy atom. The normalized spacial score (nSPS) is 35.2. The van der Waals surface area contributed by atoms with E-state index in [1.165, 1.54) is 19.4 Å². The Morgan fingerprint density at radius 3 is 2.78 bits per heavy atom. The standard InChI is InChI=1S/C21H23NO5/c1-11(23)25-16-6-4-13-10-15-14-5-7-17(26-12(2)24)20-21(14,8-9-22(15)3)18(13)19(16)27-20/h4-7,14-15,17,20H,8-10H2,1-3H3/t14-,15+,17-,20-,21-/m1/s1. The summed E-state index contributed by atoms with van der Waals surface area (Å²) >= 11 is 0. The van der Waals surface area contributed by atoms with Gasteiger partial charge < -0.3 is 19.1 Å². The number of likely N-dealkylation sites (N-methyl/N-ethyl adjacent to an activating group) is 1. The summed E-state index contributed by atoms with van der Waals surface area (Å²) < 4.78 is 17.5. The number of nitrogens with zero attached hydrogens (tertiary/aromatic N) is 1. The lowest BCUT2D eigenvalue weighted by atomic mass is 9.53. The highest BCUT2D eigenvalue weighted by Gasteiger charge is 2.65. The van der Waals surface area contributed by atoms with E-state index in [1.54, 1.807) is 0 Å². The van der Waals surface area contributed by atoms with E-state index in [0.717, 1.165) is 24.9 Å². The van der Waals surface area contributed by atoms with E-state index in [9.17, 15) is 9.59 Å². The van der Waals surface area contributed by atoms with Crippen LogP contribution in [-0.2, 0) is 26.2 Å². The molecule has 1 fully saturated rings. The summed E-state index contributed by atoms with van der Waals surface area (Å²) in [7, 11) is 2.17. The summed E-state index contributed by atoms with van der Waals surface area (Å²) in [5.41, 5.74) is 2.15. The van der Waals surface area contributed by atoms with Crippen molar-refractivity contribution in [1.82, 2.24) is 4.90 Å². The van der Waals surface area contributed by atoms with Crippen molar-refractivity contribution in [3.8, 4) is 11.5 Å². The Morgan fingerprint density at radius 2 is 2.04 bits per heavy atom. The van der Waals surface area contributed by atoms with E-state index in [2.05, 4.69) is 24.1 Å². The highest BCUT2D eigenvalue weighted by Crippen LogP contribution is 2.62. The molecule has 0 saturated carbocycles. The van der Waals surface area contributed by atoms with Crippen LogP contribution in [0, 0.1) is 5.92 Å². The molecule has 2 aliphatic carbocycles. The molecule has 6 nitrogen and oxygen atoms in total. The summed E-state index contributed by atoms with van der Waals surface area (Å²) in [6.07, 6.45) is 5.31. The Hall–Kier alpha value is -2.34. The van der Waals surface area contributed by atoms with Crippen molar-refractivity contribution in [1.29, 1.82) is 0 Å². The van der Waals surface area contributed by atoms with Crippen LogP contribution in [0.5, 0.6) is 11.5 Å². The predicted octanol–water partition coefficient (Wildman–Crippen LogP) is 1.99. The van der Waals surface area contributed by atoms with Crippen LogP contribution < -0.4 is 9.47 Å². The summed E-state index contributed by atoms with van der Waals surface area (Å²) in [6.45, 7) is 3.77. The lowest BCUT2D eigenvalue weighted by molar-refractivity contribution is -0.152. The van der Waals surface area contributed by atoms with Crippen LogP contribution in [0.15, 0.2) is 24.3 Å². The molecule has 0 unspecified atom stereocenters. The topological polar surface area (TPSA) is 65.1 Å². The SMILES string of the molecule is CC(=O)Oc1ccc2c3c1O[C@@H]1[C@H](OC(C)=O)C=C[C@@H]4[C@H](C2)N(C)CC[C@]341. The number of carbonyl (C=O) groups is 2. The predicted molar refractivity (Wildman–Crippen MR) is 96.8 cm³/mol. The van der Waals surface area contributed by atoms with Crippen molar-refractivity contribution in [3.05, 3.63) is 35.4 Å². The Kier molecular flexibility index (Phi) is 3.47. The number of esters is 2. The summed E-state index contributed by atoms with van der Waals surface area (Å²) in [5, 5.41) is 0. The number of piperidine rings is 1. The molecular formula is C21H23NO5. The van der Waals surface area contributed by atoms with Gasteiger partial charge in [-0.25, -0.2) is 0 Å². The van der Waals surface area contributed by atoms with Crippen molar-refractivity contribution >= 4 is 11.9 Å². The second-order valence-corrected chi connectivity index (χ2v) is 8.09. The maximum absolute atomic E-state index is 11.7. The van der Waals surface area contributed by atoms with Gasteiger partial charge in [0.05, 0.1) is 0 Å². The van der Waals surface area contributed by atoms with Crippen molar-refractivity contribution in [3.63, 3.8) is 0 Å². The molecule has 2 aliphatic heterocycles. The van der Waals surface area contributed by atoms with Crippen LogP contribution in [0.2, 0.25) is 0 Å². The van der Waals surface area contributed by atoms with Gasteiger partial charge in [-0.05, 0) is 44.1 Å². The molecule has 5 rings (SSSR count). The van der Waals surface area contributed by atoms with Crippen LogP contribution in [0.3, 0.4) is 0 Å². The fourth-order valence-corrected chi connectivity index (χ4v) is 5.74. The zero-order chi connectivity index (χ0) is 18.9. The first-order valence-electron chi connectivity index (χ1n) is 9.49. The van der Waals surface area contributed by atoms with Gasteiger partial charge in [-0.2, -0.15) is 0 Å². The zero-order valence-electron chi connectivity index (χ0n) is 15.7. The molecule has 142 valence electrons. The average molecular weight is 369 g/mol. The van der Waals surface area contributed by atoms with Gasteiger partial charge >= 0.3 is 11.9 Å². The fraction of sp³-hybridized carbons (Fsp3) is 0.524. The van der Waals surface area contributed by atoms with Crippen molar-refractivity contribution in [2.75, 3.05) is 13.6 Å². The first kappa shape index (κ1) is 16.8. The molecule has 0 N–H and O–H groups in total. The second kappa shape index (κ2) is 5.58. The molecule has 0 amide bonds. The minimum absolute atomic E-state index is 0.245. The smallest absolute Gasteiger partial charge is 0.308 e. The molecule has 1 aromatic rings. The molecule has 2 heterocycles. The van der Waals surface area contributed by atoms with Gasteiger partial charge in [0.25, 0.3) is 0 Å². The fourth-order valence-electron chi connectivity index (χ4n) is 5.74. The molecule has 1 aromatic carbocycles. The summed E-state index contributed by atoms with van der Waals surface area (Å²) in [4.78, 5) is 25.7. The lowest BCUT2D eigenvalue weighted by Gasteiger charge is -2.56. The molecule has 2 bridgehead atoms. The first-order valence-corrected chi connectivity index (χ1v) is 9.49. The van der Waals surface area contributed by atoms with Crippen LogP contribution >= 0.6 is 0 Å². The number of hydrogen-bond donors (Lipinski definition) is 0. The number of benzene rings is 1. The van der Waals surface area contributed by atoms with E-state index in [-0.39, 0.29) is 29.4 Å². The highest BCUT2D eigenvalue weighted by atomic mass is 16.6. The van der Waals surface area contributed by atoms with E-state index in [1.807, 2.05) is 12.1 Å². The van der Waals surface area contributed by atoms with Gasteiger partial charge in [-0.1, -0.05) is 12.1 Å². The zero-order valence-corrected chi connectivity index (χ0v) is 15.7. The van der Waals surface area contributed by atoms with Crippen LogP contribution in [0.4, 0.5) is 0 Å². The van der Waals surface area contributed by atoms with Crippen LogP contribution in [-0.4, -0.2) is 48.7 Å². The molecule has 6 heteroatoms. The quantitative estimate of drug-likeness (QED) is 0.451. The Balaban J connectivity index is 1.71. The maximum atomic E-state index is 11.7. The summed E-state index contributed by atoms with van der Waals surface area (Å²) in [5.74, 6) is 0.712. The van der Waals surface area contributed by atoms with E-state index >= 15 is 0 Å². The Bertz CT molecular complexity index is 878. The van der Waals surface area contributed by atoms with E-state index < -0.39 is 6.10 Å². The largest absolute Gasteiger partial charge is 0.481 e. The van der Waals surface area contributed by atoms with Crippen LogP contribution in [0.1, 0.15) is 31.4 Å². The molecule has 4 aliphatic rings. The minimum Gasteiger partial charge on any atom is -0.481 e. The third kappa shape index (κ3) is 2.16. The van der Waals surface area contributed by atoms with Gasteiger partial charge in [0.2, 0.25) is 0 Å². The van der Waals surface area contributed by atoms with Crippen LogP contribution in [0.25, 0.3) is 0 Å². The van der Waals surface area contributed by atoms with E-state index in [4.69, 9.17) is 14.2 Å². The number of likely N-dealkylation sites (tertiary alicyclic amines) is 1.